The first-order valence-corrected chi connectivity index (χ1v) is 10.9. The Bertz CT molecular complexity index is 997. The maximum atomic E-state index is 13.0. The first-order chi connectivity index (χ1) is 13.4. The molecule has 0 aliphatic carbocycles. The molecule has 0 bridgehead atoms. The third-order valence-electron chi connectivity index (χ3n) is 5.16. The lowest BCUT2D eigenvalue weighted by Crippen LogP contribution is -2.42. The summed E-state index contributed by atoms with van der Waals surface area (Å²) in [6, 6.07) is 6.11. The van der Waals surface area contributed by atoms with Crippen molar-refractivity contribution < 1.29 is 17.9 Å². The second kappa shape index (κ2) is 7.47. The molecule has 1 aromatic heterocycles. The van der Waals surface area contributed by atoms with Crippen LogP contribution in [0.2, 0.25) is 5.02 Å². The van der Waals surface area contributed by atoms with Crippen LogP contribution in [-0.4, -0.2) is 66.2 Å². The van der Waals surface area contributed by atoms with Crippen LogP contribution < -0.4 is 0 Å². The van der Waals surface area contributed by atoms with Gasteiger partial charge in [0.2, 0.25) is 10.0 Å². The summed E-state index contributed by atoms with van der Waals surface area (Å²) in [5.41, 5.74) is 1.91. The fourth-order valence-corrected chi connectivity index (χ4v) is 5.15. The van der Waals surface area contributed by atoms with E-state index in [9.17, 15) is 13.2 Å². The van der Waals surface area contributed by atoms with E-state index in [1.807, 2.05) is 0 Å². The zero-order valence-corrected chi connectivity index (χ0v) is 17.0. The number of halogens is 1. The largest absolute Gasteiger partial charge is 0.378 e. The predicted molar refractivity (Wildman–Crippen MR) is 103 cm³/mol. The fourth-order valence-electron chi connectivity index (χ4n) is 3.62. The van der Waals surface area contributed by atoms with E-state index < -0.39 is 10.0 Å². The van der Waals surface area contributed by atoms with E-state index >= 15 is 0 Å². The van der Waals surface area contributed by atoms with Crippen molar-refractivity contribution in [2.24, 2.45) is 7.05 Å². The molecule has 2 aliphatic rings. The van der Waals surface area contributed by atoms with Gasteiger partial charge in [-0.15, -0.1) is 0 Å². The number of morpholine rings is 1. The summed E-state index contributed by atoms with van der Waals surface area (Å²) >= 11 is 5.88. The number of carbonyl (C=O) groups is 1. The van der Waals surface area contributed by atoms with E-state index in [2.05, 4.69) is 5.10 Å². The van der Waals surface area contributed by atoms with Crippen molar-refractivity contribution in [3.8, 4) is 0 Å². The Morgan fingerprint density at radius 3 is 2.50 bits per heavy atom. The molecule has 10 heteroatoms. The summed E-state index contributed by atoms with van der Waals surface area (Å²) in [5, 5.41) is 4.89. The van der Waals surface area contributed by atoms with Gasteiger partial charge < -0.3 is 9.64 Å². The summed E-state index contributed by atoms with van der Waals surface area (Å²) in [6.45, 7) is 2.48. The summed E-state index contributed by atoms with van der Waals surface area (Å²) in [5.74, 6) is -0.175. The molecule has 1 aromatic carbocycles. The van der Waals surface area contributed by atoms with Crippen LogP contribution in [0.15, 0.2) is 29.2 Å². The second-order valence-electron chi connectivity index (χ2n) is 6.84. The van der Waals surface area contributed by atoms with Gasteiger partial charge in [-0.1, -0.05) is 11.6 Å². The molecule has 4 rings (SSSR count). The van der Waals surface area contributed by atoms with Gasteiger partial charge in [0.15, 0.2) is 5.69 Å². The normalized spacial score (nSPS) is 18.1. The van der Waals surface area contributed by atoms with Crippen LogP contribution in [0.4, 0.5) is 0 Å². The highest BCUT2D eigenvalue weighted by molar-refractivity contribution is 7.89. The number of rotatable bonds is 3. The Balaban J connectivity index is 1.64. The van der Waals surface area contributed by atoms with E-state index in [-0.39, 0.29) is 17.3 Å². The third kappa shape index (κ3) is 3.43. The van der Waals surface area contributed by atoms with Crippen molar-refractivity contribution in [2.45, 2.75) is 17.9 Å². The number of carbonyl (C=O) groups excluding carboxylic acids is 1. The molecule has 150 valence electrons. The molecule has 0 unspecified atom stereocenters. The Labute approximate surface area is 168 Å². The van der Waals surface area contributed by atoms with Crippen LogP contribution >= 0.6 is 11.6 Å². The molecule has 0 N–H and O–H groups in total. The summed E-state index contributed by atoms with van der Waals surface area (Å²) in [6.07, 6.45) is 0.502. The van der Waals surface area contributed by atoms with Crippen LogP contribution in [0.5, 0.6) is 0 Å². The average molecular weight is 425 g/mol. The lowest BCUT2D eigenvalue weighted by Gasteiger charge is -2.29. The van der Waals surface area contributed by atoms with Gasteiger partial charge in [0.1, 0.15) is 0 Å². The number of aryl methyl sites for hydroxylation is 1. The topological polar surface area (TPSA) is 84.7 Å². The quantitative estimate of drug-likeness (QED) is 0.741. The van der Waals surface area contributed by atoms with Gasteiger partial charge in [-0.25, -0.2) is 8.42 Å². The van der Waals surface area contributed by atoms with E-state index in [1.165, 1.54) is 16.4 Å². The van der Waals surface area contributed by atoms with Crippen LogP contribution in [0.25, 0.3) is 0 Å². The van der Waals surface area contributed by atoms with Gasteiger partial charge in [0.25, 0.3) is 5.91 Å². The molecule has 0 saturated carbocycles. The molecule has 3 heterocycles. The Hall–Kier alpha value is -1.94. The first kappa shape index (κ1) is 19.4. The van der Waals surface area contributed by atoms with Crippen molar-refractivity contribution >= 4 is 27.5 Å². The lowest BCUT2D eigenvalue weighted by molar-refractivity contribution is 0.0297. The number of aromatic nitrogens is 2. The van der Waals surface area contributed by atoms with Crippen LogP contribution in [0.1, 0.15) is 21.7 Å². The number of hydrogen-bond donors (Lipinski definition) is 0. The van der Waals surface area contributed by atoms with Crippen LogP contribution in [0.3, 0.4) is 0 Å². The monoisotopic (exact) mass is 424 g/mol. The number of amides is 1. The van der Waals surface area contributed by atoms with Crippen LogP contribution in [-0.2, 0) is 34.8 Å². The van der Waals surface area contributed by atoms with Crippen molar-refractivity contribution in [3.05, 3.63) is 46.2 Å². The fraction of sp³-hybridized carbons (Fsp3) is 0.444. The van der Waals surface area contributed by atoms with Crippen molar-refractivity contribution in [1.29, 1.82) is 0 Å². The number of fused-ring (bicyclic) bond motifs is 1. The number of nitrogens with zero attached hydrogens (tertiary/aromatic N) is 4. The Morgan fingerprint density at radius 1 is 1.14 bits per heavy atom. The highest BCUT2D eigenvalue weighted by Crippen LogP contribution is 2.28. The molecule has 8 nitrogen and oxygen atoms in total. The number of ether oxygens (including phenoxy) is 1. The highest BCUT2D eigenvalue weighted by Gasteiger charge is 2.34. The zero-order valence-electron chi connectivity index (χ0n) is 15.5. The molecule has 2 aromatic rings. The molecule has 0 atom stereocenters. The van der Waals surface area contributed by atoms with Gasteiger partial charge in [0, 0.05) is 55.9 Å². The second-order valence-corrected chi connectivity index (χ2v) is 9.22. The molecule has 28 heavy (non-hydrogen) atoms. The maximum Gasteiger partial charge on any atom is 0.274 e. The lowest BCUT2D eigenvalue weighted by atomic mass is 10.1. The van der Waals surface area contributed by atoms with E-state index in [1.54, 1.807) is 28.8 Å². The number of sulfonamides is 1. The smallest absolute Gasteiger partial charge is 0.274 e. The van der Waals surface area contributed by atoms with Gasteiger partial charge in [-0.3, -0.25) is 9.48 Å². The molecular weight excluding hydrogens is 404 g/mol. The van der Waals surface area contributed by atoms with E-state index in [0.29, 0.717) is 55.5 Å². The molecule has 1 saturated heterocycles. The Morgan fingerprint density at radius 2 is 1.82 bits per heavy atom. The minimum Gasteiger partial charge on any atom is -0.378 e. The highest BCUT2D eigenvalue weighted by atomic mass is 35.5. The maximum absolute atomic E-state index is 13.0. The van der Waals surface area contributed by atoms with Gasteiger partial charge in [-0.2, -0.15) is 9.40 Å². The minimum absolute atomic E-state index is 0.125. The van der Waals surface area contributed by atoms with Gasteiger partial charge in [-0.05, 0) is 24.3 Å². The standard InChI is InChI=1S/C18H21ClN4O4S/c1-21-16-6-7-23(28(25,26)14-4-2-13(19)3-5-14)12-15(16)17(20-21)18(24)22-8-10-27-11-9-22/h2-5H,6-12H2,1H3. The summed E-state index contributed by atoms with van der Waals surface area (Å²) in [7, 11) is -1.90. The van der Waals surface area contributed by atoms with Crippen molar-refractivity contribution in [3.63, 3.8) is 0 Å². The molecule has 1 amide bonds. The molecule has 0 spiro atoms. The summed E-state index contributed by atoms with van der Waals surface area (Å²) < 4.78 is 34.5. The van der Waals surface area contributed by atoms with E-state index in [4.69, 9.17) is 16.3 Å². The average Bonchev–Trinajstić information content (AvgIpc) is 3.04. The van der Waals surface area contributed by atoms with Crippen LogP contribution in [0, 0.1) is 0 Å². The van der Waals surface area contributed by atoms with Crippen molar-refractivity contribution in [2.75, 3.05) is 32.8 Å². The Kier molecular flexibility index (Phi) is 5.17. The number of benzene rings is 1. The zero-order chi connectivity index (χ0) is 19.9. The molecular formula is C18H21ClN4O4S. The van der Waals surface area contributed by atoms with E-state index in [0.717, 1.165) is 5.69 Å². The molecule has 2 aliphatic heterocycles. The van der Waals surface area contributed by atoms with Crippen molar-refractivity contribution in [1.82, 2.24) is 19.0 Å². The first-order valence-electron chi connectivity index (χ1n) is 9.05. The van der Waals surface area contributed by atoms with Gasteiger partial charge in [0.05, 0.1) is 18.1 Å². The summed E-state index contributed by atoms with van der Waals surface area (Å²) in [4.78, 5) is 14.9. The number of hydrogen-bond acceptors (Lipinski definition) is 5. The third-order valence-corrected chi connectivity index (χ3v) is 7.27. The minimum atomic E-state index is -3.69. The SMILES string of the molecule is Cn1nc(C(=O)N2CCOCC2)c2c1CCN(S(=O)(=O)c1ccc(Cl)cc1)C2. The molecule has 0 radical (unpaired) electrons. The van der Waals surface area contributed by atoms with Gasteiger partial charge >= 0.3 is 0 Å². The predicted octanol–water partition coefficient (Wildman–Crippen LogP) is 1.29. The molecule has 1 fully saturated rings.